The van der Waals surface area contributed by atoms with E-state index >= 15 is 0 Å². The van der Waals surface area contributed by atoms with Crippen molar-refractivity contribution in [2.24, 2.45) is 15.8 Å². The van der Waals surface area contributed by atoms with Crippen LogP contribution in [0.15, 0.2) is 106 Å². The van der Waals surface area contributed by atoms with Crippen molar-refractivity contribution in [1.29, 1.82) is 0 Å². The fraction of sp³-hybridized carbons (Fsp3) is 0.161. The quantitative estimate of drug-likeness (QED) is 0.399. The summed E-state index contributed by atoms with van der Waals surface area (Å²) in [6.45, 7) is 2.57. The molecule has 3 atom stereocenters. The highest BCUT2D eigenvalue weighted by Gasteiger charge is 2.34. The number of hydrazone groups is 1. The van der Waals surface area contributed by atoms with Crippen molar-refractivity contribution in [3.05, 3.63) is 118 Å². The summed E-state index contributed by atoms with van der Waals surface area (Å²) >= 11 is 0. The predicted octanol–water partition coefficient (Wildman–Crippen LogP) is 3.36. The molecule has 0 saturated carbocycles. The van der Waals surface area contributed by atoms with Crippen LogP contribution >= 0.6 is 0 Å². The second-order valence-electron chi connectivity index (χ2n) is 9.44. The molecular weight excluding hydrogens is 486 g/mol. The fourth-order valence-corrected chi connectivity index (χ4v) is 4.98. The minimum atomic E-state index is -0.176. The summed E-state index contributed by atoms with van der Waals surface area (Å²) < 4.78 is 1.77. The Morgan fingerprint density at radius 2 is 1.87 bits per heavy atom. The molecule has 192 valence electrons. The van der Waals surface area contributed by atoms with Crippen LogP contribution < -0.4 is 16.6 Å². The number of rotatable bonds is 5. The molecule has 0 bridgehead atoms. The Labute approximate surface area is 226 Å². The van der Waals surface area contributed by atoms with Crippen molar-refractivity contribution < 1.29 is 0 Å². The number of hydrogen-bond donors (Lipinski definition) is 2. The van der Waals surface area contributed by atoms with E-state index < -0.39 is 0 Å². The van der Waals surface area contributed by atoms with Gasteiger partial charge in [0.15, 0.2) is 6.17 Å². The number of allylic oxidation sites excluding steroid dienone is 1. The van der Waals surface area contributed by atoms with E-state index in [1.807, 2.05) is 84.7 Å². The van der Waals surface area contributed by atoms with E-state index in [0.29, 0.717) is 23.3 Å². The highest BCUT2D eigenvalue weighted by atomic mass is 16.1. The molecule has 0 amide bonds. The summed E-state index contributed by atoms with van der Waals surface area (Å²) in [5, 5.41) is 11.4. The summed E-state index contributed by atoms with van der Waals surface area (Å²) in [6, 6.07) is 20.9. The first-order valence-corrected chi connectivity index (χ1v) is 12.8. The van der Waals surface area contributed by atoms with Crippen molar-refractivity contribution in [3.63, 3.8) is 0 Å². The highest BCUT2D eigenvalue weighted by Crippen LogP contribution is 2.24. The number of fused-ring (bicyclic) bond motifs is 2. The molecule has 8 heteroatoms. The van der Waals surface area contributed by atoms with Crippen LogP contribution in [0, 0.1) is 11.8 Å². The second-order valence-corrected chi connectivity index (χ2v) is 9.44. The van der Waals surface area contributed by atoms with Gasteiger partial charge in [-0.05, 0) is 60.9 Å². The van der Waals surface area contributed by atoms with Gasteiger partial charge in [0, 0.05) is 53.7 Å². The molecule has 0 fully saturated rings. The molecule has 0 radical (unpaired) electrons. The molecule has 8 nitrogen and oxygen atoms in total. The monoisotopic (exact) mass is 513 g/mol. The van der Waals surface area contributed by atoms with Gasteiger partial charge in [0.1, 0.15) is 11.9 Å². The lowest BCUT2D eigenvalue weighted by atomic mass is 10.0. The van der Waals surface area contributed by atoms with Crippen LogP contribution in [-0.2, 0) is 0 Å². The Morgan fingerprint density at radius 3 is 2.69 bits per heavy atom. The highest BCUT2D eigenvalue weighted by molar-refractivity contribution is 5.89. The van der Waals surface area contributed by atoms with Gasteiger partial charge in [-0.25, -0.2) is 4.99 Å². The number of nitrogens with one attached hydrogen (secondary N) is 1. The fourth-order valence-electron chi connectivity index (χ4n) is 4.98. The maximum atomic E-state index is 14.2. The topological polar surface area (TPSA) is 101 Å². The molecule has 3 unspecified atom stereocenters. The summed E-state index contributed by atoms with van der Waals surface area (Å²) in [6.07, 6.45) is 8.82. The number of pyridine rings is 2. The van der Waals surface area contributed by atoms with Gasteiger partial charge in [0.25, 0.3) is 5.56 Å². The molecule has 6 rings (SSSR count). The van der Waals surface area contributed by atoms with E-state index in [4.69, 9.17) is 5.73 Å². The first kappa shape index (κ1) is 24.3. The van der Waals surface area contributed by atoms with Gasteiger partial charge in [-0.3, -0.25) is 19.4 Å². The number of amidine groups is 1. The Hall–Kier alpha value is -5.00. The van der Waals surface area contributed by atoms with Crippen LogP contribution in [0.3, 0.4) is 0 Å². The number of nitrogens with two attached hydrogens (primary N) is 1. The van der Waals surface area contributed by atoms with Gasteiger partial charge in [-0.15, -0.1) is 0 Å². The average molecular weight is 514 g/mol. The van der Waals surface area contributed by atoms with E-state index in [-0.39, 0.29) is 23.8 Å². The molecule has 2 aliphatic rings. The zero-order valence-electron chi connectivity index (χ0n) is 21.4. The maximum Gasteiger partial charge on any atom is 0.264 e. The van der Waals surface area contributed by atoms with Crippen LogP contribution in [0.1, 0.15) is 29.8 Å². The normalized spacial score (nSPS) is 18.4. The number of hydrogen-bond acceptors (Lipinski definition) is 7. The maximum absolute atomic E-state index is 14.2. The van der Waals surface area contributed by atoms with Crippen LogP contribution in [-0.4, -0.2) is 45.4 Å². The zero-order valence-corrected chi connectivity index (χ0v) is 21.4. The molecule has 3 N–H and O–H groups in total. The Morgan fingerprint density at radius 1 is 1.05 bits per heavy atom. The Balaban J connectivity index is 1.40. The standard InChI is InChI=1S/C31H27N7O/c1-21(34-20-27-30(32)36-28-11-6-16-35-38(27)28)26-19-24-8-5-7-23(13-12-22-14-17-33-18-15-22)29(24)31(39)37(26)25-9-3-2-4-10-25/h2-11,14-19,21,27-28,34H,20H2,1H3,(H2,32,36). The lowest BCUT2D eigenvalue weighted by Crippen LogP contribution is -2.46. The number of benzene rings is 2. The van der Waals surface area contributed by atoms with E-state index in [0.717, 1.165) is 22.3 Å². The third-order valence-corrected chi connectivity index (χ3v) is 6.95. The van der Waals surface area contributed by atoms with Gasteiger partial charge >= 0.3 is 0 Å². The summed E-state index contributed by atoms with van der Waals surface area (Å²) in [7, 11) is 0. The first-order valence-electron chi connectivity index (χ1n) is 12.8. The molecular formula is C31H27N7O. The zero-order chi connectivity index (χ0) is 26.8. The van der Waals surface area contributed by atoms with Crippen LogP contribution in [0.4, 0.5) is 0 Å². The van der Waals surface area contributed by atoms with Crippen LogP contribution in [0.25, 0.3) is 16.5 Å². The smallest absolute Gasteiger partial charge is 0.264 e. The molecule has 2 aliphatic heterocycles. The van der Waals surface area contributed by atoms with Gasteiger partial charge < -0.3 is 11.1 Å². The van der Waals surface area contributed by atoms with Crippen molar-refractivity contribution >= 4 is 22.8 Å². The summed E-state index contributed by atoms with van der Waals surface area (Å²) in [5.74, 6) is 6.91. The van der Waals surface area contributed by atoms with Crippen molar-refractivity contribution in [1.82, 2.24) is 19.9 Å². The van der Waals surface area contributed by atoms with Gasteiger partial charge in [0.05, 0.1) is 5.39 Å². The molecule has 0 aliphatic carbocycles. The molecule has 39 heavy (non-hydrogen) atoms. The molecule has 4 heterocycles. The van der Waals surface area contributed by atoms with E-state index in [1.54, 1.807) is 23.2 Å². The third-order valence-electron chi connectivity index (χ3n) is 6.95. The van der Waals surface area contributed by atoms with E-state index in [2.05, 4.69) is 38.3 Å². The minimum Gasteiger partial charge on any atom is -0.386 e. The SMILES string of the molecule is CC(NCC1C(N)=NC2C=CC=NN21)c1cc2cccc(C#Cc3ccncc3)c2c(=O)n1-c1ccccc1. The summed E-state index contributed by atoms with van der Waals surface area (Å²) in [4.78, 5) is 22.7. The van der Waals surface area contributed by atoms with Gasteiger partial charge in [-0.2, -0.15) is 5.10 Å². The molecule has 2 aromatic heterocycles. The average Bonchev–Trinajstić information content (AvgIpc) is 3.30. The third kappa shape index (κ3) is 4.72. The molecule has 0 saturated heterocycles. The van der Waals surface area contributed by atoms with Crippen molar-refractivity contribution in [2.75, 3.05) is 6.54 Å². The number of nitrogens with zero attached hydrogens (tertiary/aromatic N) is 5. The minimum absolute atomic E-state index is 0.116. The Kier molecular flexibility index (Phi) is 6.49. The largest absolute Gasteiger partial charge is 0.386 e. The summed E-state index contributed by atoms with van der Waals surface area (Å²) in [5.41, 5.74) is 9.29. The van der Waals surface area contributed by atoms with E-state index in [1.165, 1.54) is 0 Å². The van der Waals surface area contributed by atoms with Crippen molar-refractivity contribution in [3.8, 4) is 17.5 Å². The molecule has 0 spiro atoms. The number of aromatic nitrogens is 2. The van der Waals surface area contributed by atoms with Crippen molar-refractivity contribution in [2.45, 2.75) is 25.2 Å². The number of para-hydroxylation sites is 1. The molecule has 2 aromatic carbocycles. The Bertz CT molecular complexity index is 1730. The van der Waals surface area contributed by atoms with Gasteiger partial charge in [-0.1, -0.05) is 42.2 Å². The number of aliphatic imine (C=N–C) groups is 1. The second kappa shape index (κ2) is 10.4. The van der Waals surface area contributed by atoms with E-state index in [9.17, 15) is 4.79 Å². The van der Waals surface area contributed by atoms with Crippen LogP contribution in [0.5, 0.6) is 0 Å². The predicted molar refractivity (Wildman–Crippen MR) is 155 cm³/mol. The lowest BCUT2D eigenvalue weighted by molar-refractivity contribution is 0.228. The molecule has 4 aromatic rings. The van der Waals surface area contributed by atoms with Crippen LogP contribution in [0.2, 0.25) is 0 Å². The lowest BCUT2D eigenvalue weighted by Gasteiger charge is -2.28. The first-order chi connectivity index (χ1) is 19.1. The van der Waals surface area contributed by atoms with Gasteiger partial charge in [0.2, 0.25) is 0 Å².